The summed E-state index contributed by atoms with van der Waals surface area (Å²) in [6.45, 7) is 2.41. The van der Waals surface area contributed by atoms with Crippen LogP contribution in [0.5, 0.6) is 5.75 Å². The fourth-order valence-electron chi connectivity index (χ4n) is 3.83. The molecule has 0 aliphatic carbocycles. The van der Waals surface area contributed by atoms with Crippen LogP contribution in [-0.2, 0) is 4.79 Å². The molecule has 3 aromatic rings. The predicted molar refractivity (Wildman–Crippen MR) is 115 cm³/mol. The number of carbonyl (C=O) groups excluding carboxylic acids is 2. The molecule has 6 heteroatoms. The van der Waals surface area contributed by atoms with E-state index in [0.29, 0.717) is 23.6 Å². The summed E-state index contributed by atoms with van der Waals surface area (Å²) in [5, 5.41) is 5.00. The van der Waals surface area contributed by atoms with E-state index < -0.39 is 5.92 Å². The van der Waals surface area contributed by atoms with Crippen molar-refractivity contribution in [1.29, 1.82) is 0 Å². The fourth-order valence-corrected chi connectivity index (χ4v) is 4.74. The van der Waals surface area contributed by atoms with Gasteiger partial charge in [-0.15, -0.1) is 11.3 Å². The number of nitrogens with one attached hydrogen (secondary N) is 1. The number of nitrogens with zero attached hydrogens (tertiary/aromatic N) is 1. The van der Waals surface area contributed by atoms with Crippen LogP contribution < -0.4 is 10.1 Å². The average molecular weight is 407 g/mol. The second-order valence-corrected chi connectivity index (χ2v) is 7.84. The minimum Gasteiger partial charge on any atom is -0.492 e. The molecule has 1 aromatic heterocycles. The van der Waals surface area contributed by atoms with E-state index >= 15 is 0 Å². The Morgan fingerprint density at radius 3 is 2.62 bits per heavy atom. The first-order valence-corrected chi connectivity index (χ1v) is 10.4. The number of ether oxygens (including phenoxy) is 1. The van der Waals surface area contributed by atoms with Gasteiger partial charge in [0.25, 0.3) is 5.91 Å². The van der Waals surface area contributed by atoms with Gasteiger partial charge >= 0.3 is 0 Å². The van der Waals surface area contributed by atoms with Crippen LogP contribution in [-0.4, -0.2) is 30.4 Å². The molecule has 1 aliphatic heterocycles. The van der Waals surface area contributed by atoms with Crippen LogP contribution in [0.25, 0.3) is 0 Å². The molecule has 2 aromatic carbocycles. The maximum absolute atomic E-state index is 13.5. The van der Waals surface area contributed by atoms with Crippen LogP contribution >= 0.6 is 11.3 Å². The van der Waals surface area contributed by atoms with Crippen molar-refractivity contribution in [2.45, 2.75) is 18.9 Å². The number of fused-ring (bicyclic) bond motifs is 1. The molecule has 2 amide bonds. The topological polar surface area (TPSA) is 58.6 Å². The quantitative estimate of drug-likeness (QED) is 0.668. The van der Waals surface area contributed by atoms with Gasteiger partial charge in [-0.25, -0.2) is 0 Å². The zero-order chi connectivity index (χ0) is 20.4. The SMILES string of the molecule is CCOc1ccccc1NC(=O)[C@H]1c2ccccc2C(=O)N(C)[C@H]1c1cccs1. The molecule has 2 heterocycles. The van der Waals surface area contributed by atoms with Gasteiger partial charge in [-0.05, 0) is 42.1 Å². The molecule has 0 saturated heterocycles. The molecule has 1 N–H and O–H groups in total. The lowest BCUT2D eigenvalue weighted by molar-refractivity contribution is -0.119. The van der Waals surface area contributed by atoms with Crippen molar-refractivity contribution in [2.24, 2.45) is 0 Å². The van der Waals surface area contributed by atoms with E-state index in [4.69, 9.17) is 4.74 Å². The van der Waals surface area contributed by atoms with Crippen molar-refractivity contribution in [3.05, 3.63) is 82.0 Å². The number of hydrogen-bond acceptors (Lipinski definition) is 4. The predicted octanol–water partition coefficient (Wildman–Crippen LogP) is 4.70. The van der Waals surface area contributed by atoms with Crippen molar-refractivity contribution < 1.29 is 14.3 Å². The minimum atomic E-state index is -0.526. The van der Waals surface area contributed by atoms with Crippen molar-refractivity contribution in [1.82, 2.24) is 4.90 Å². The van der Waals surface area contributed by atoms with Gasteiger partial charge in [0.15, 0.2) is 0 Å². The second kappa shape index (κ2) is 8.09. The lowest BCUT2D eigenvalue weighted by atomic mass is 9.81. The number of benzene rings is 2. The van der Waals surface area contributed by atoms with Gasteiger partial charge in [-0.1, -0.05) is 36.4 Å². The number of rotatable bonds is 5. The monoisotopic (exact) mass is 406 g/mol. The highest BCUT2D eigenvalue weighted by Gasteiger charge is 2.43. The van der Waals surface area contributed by atoms with Gasteiger partial charge in [0, 0.05) is 17.5 Å². The first-order chi connectivity index (χ1) is 14.1. The van der Waals surface area contributed by atoms with Crippen LogP contribution in [0.4, 0.5) is 5.69 Å². The molecule has 5 nitrogen and oxygen atoms in total. The third-order valence-electron chi connectivity index (χ3n) is 5.14. The first kappa shape index (κ1) is 19.2. The lowest BCUT2D eigenvalue weighted by Gasteiger charge is -2.39. The van der Waals surface area contributed by atoms with Crippen LogP contribution in [0.1, 0.15) is 39.7 Å². The highest BCUT2D eigenvalue weighted by Crippen LogP contribution is 2.44. The Morgan fingerprint density at radius 1 is 1.10 bits per heavy atom. The van der Waals surface area contributed by atoms with E-state index in [9.17, 15) is 9.59 Å². The van der Waals surface area contributed by atoms with Gasteiger partial charge in [0.2, 0.25) is 5.91 Å². The molecular weight excluding hydrogens is 384 g/mol. The Bertz CT molecular complexity index is 1030. The molecule has 0 spiro atoms. The Kier molecular flexibility index (Phi) is 5.36. The van der Waals surface area contributed by atoms with Gasteiger partial charge < -0.3 is 15.0 Å². The third-order valence-corrected chi connectivity index (χ3v) is 6.08. The zero-order valence-electron chi connectivity index (χ0n) is 16.3. The molecule has 1 aliphatic rings. The van der Waals surface area contributed by atoms with Gasteiger partial charge in [-0.2, -0.15) is 0 Å². The molecule has 148 valence electrons. The summed E-state index contributed by atoms with van der Waals surface area (Å²) in [5.41, 5.74) is 1.95. The smallest absolute Gasteiger partial charge is 0.254 e. The number of carbonyl (C=O) groups is 2. The van der Waals surface area contributed by atoms with Gasteiger partial charge in [0.1, 0.15) is 5.75 Å². The highest BCUT2D eigenvalue weighted by atomic mass is 32.1. The fraction of sp³-hybridized carbons (Fsp3) is 0.217. The van der Waals surface area contributed by atoms with Crippen molar-refractivity contribution in [2.75, 3.05) is 19.0 Å². The van der Waals surface area contributed by atoms with Crippen LogP contribution in [0.2, 0.25) is 0 Å². The Labute approximate surface area is 173 Å². The second-order valence-electron chi connectivity index (χ2n) is 6.86. The molecule has 29 heavy (non-hydrogen) atoms. The zero-order valence-corrected chi connectivity index (χ0v) is 17.1. The van der Waals surface area contributed by atoms with Crippen LogP contribution in [0, 0.1) is 0 Å². The summed E-state index contributed by atoms with van der Waals surface area (Å²) in [5.74, 6) is -0.132. The van der Waals surface area contributed by atoms with Gasteiger partial charge in [-0.3, -0.25) is 9.59 Å². The largest absolute Gasteiger partial charge is 0.492 e. The summed E-state index contributed by atoms with van der Waals surface area (Å²) < 4.78 is 5.65. The molecule has 4 rings (SSSR count). The van der Waals surface area contributed by atoms with E-state index in [0.717, 1.165) is 10.4 Å². The Balaban J connectivity index is 1.77. The van der Waals surface area contributed by atoms with Crippen molar-refractivity contribution in [3.63, 3.8) is 0 Å². The molecule has 0 bridgehead atoms. The highest BCUT2D eigenvalue weighted by molar-refractivity contribution is 7.10. The summed E-state index contributed by atoms with van der Waals surface area (Å²) in [7, 11) is 1.76. The number of anilines is 1. The van der Waals surface area contributed by atoms with E-state index in [1.54, 1.807) is 29.4 Å². The van der Waals surface area contributed by atoms with E-state index in [-0.39, 0.29) is 17.9 Å². The molecule has 0 saturated carbocycles. The summed E-state index contributed by atoms with van der Waals surface area (Å²) >= 11 is 1.55. The van der Waals surface area contributed by atoms with E-state index in [2.05, 4.69) is 5.32 Å². The summed E-state index contributed by atoms with van der Waals surface area (Å²) in [6.07, 6.45) is 0. The normalized spacial score (nSPS) is 18.3. The maximum Gasteiger partial charge on any atom is 0.254 e. The number of likely N-dealkylation sites (N-methyl/N-ethyl adjacent to an activating group) is 1. The van der Waals surface area contributed by atoms with Crippen molar-refractivity contribution >= 4 is 28.8 Å². The Morgan fingerprint density at radius 2 is 1.86 bits per heavy atom. The van der Waals surface area contributed by atoms with Crippen LogP contribution in [0.15, 0.2) is 66.0 Å². The standard InChI is InChI=1S/C23H22N2O3S/c1-3-28-18-12-7-6-11-17(18)24-22(26)20-15-9-4-5-10-16(15)23(27)25(2)21(20)19-13-8-14-29-19/h4-14,20-21H,3H2,1-2H3,(H,24,26)/t20-,21-/m0/s1. The first-order valence-electron chi connectivity index (χ1n) is 9.54. The lowest BCUT2D eigenvalue weighted by Crippen LogP contribution is -2.43. The van der Waals surface area contributed by atoms with E-state index in [1.165, 1.54) is 0 Å². The number of thiophene rings is 1. The Hall–Kier alpha value is -3.12. The van der Waals surface area contributed by atoms with Gasteiger partial charge in [0.05, 0.1) is 24.3 Å². The average Bonchev–Trinajstić information content (AvgIpc) is 3.26. The van der Waals surface area contributed by atoms with E-state index in [1.807, 2.05) is 66.9 Å². The molecule has 2 atom stereocenters. The summed E-state index contributed by atoms with van der Waals surface area (Å²) in [6, 6.07) is 18.3. The number of hydrogen-bond donors (Lipinski definition) is 1. The molecular formula is C23H22N2O3S. The molecule has 0 fully saturated rings. The third kappa shape index (κ3) is 3.51. The van der Waals surface area contributed by atoms with Crippen molar-refractivity contribution in [3.8, 4) is 5.75 Å². The number of para-hydroxylation sites is 2. The van der Waals surface area contributed by atoms with Crippen LogP contribution in [0.3, 0.4) is 0 Å². The minimum absolute atomic E-state index is 0.0715. The summed E-state index contributed by atoms with van der Waals surface area (Å²) in [4.78, 5) is 29.2. The molecule has 0 unspecified atom stereocenters. The number of amides is 2. The maximum atomic E-state index is 13.5. The molecule has 0 radical (unpaired) electrons.